The van der Waals surface area contributed by atoms with Gasteiger partial charge < -0.3 is 10.5 Å². The molecule has 0 aliphatic carbocycles. The second-order valence-electron chi connectivity index (χ2n) is 6.95. The van der Waals surface area contributed by atoms with E-state index in [2.05, 4.69) is 28.0 Å². The second-order valence-corrected chi connectivity index (χ2v) is 6.95. The molecule has 2 unspecified atom stereocenters. The first-order valence-corrected chi connectivity index (χ1v) is 9.06. The summed E-state index contributed by atoms with van der Waals surface area (Å²) >= 11 is 0. The number of nitrogens with two attached hydrogens (primary N) is 1. The van der Waals surface area contributed by atoms with E-state index in [9.17, 15) is 0 Å². The number of fused-ring (bicyclic) bond motifs is 2. The number of morpholine rings is 2. The van der Waals surface area contributed by atoms with Crippen molar-refractivity contribution in [2.24, 2.45) is 5.73 Å². The highest BCUT2D eigenvalue weighted by Gasteiger charge is 2.34. The summed E-state index contributed by atoms with van der Waals surface area (Å²) in [5, 5.41) is 8.83. The molecule has 0 aromatic heterocycles. The van der Waals surface area contributed by atoms with Crippen LogP contribution in [-0.2, 0) is 11.2 Å². The molecule has 2 heterocycles. The van der Waals surface area contributed by atoms with Crippen LogP contribution in [0.3, 0.4) is 0 Å². The number of hydrogen-bond acceptors (Lipinski definition) is 5. The minimum absolute atomic E-state index is 0.350. The number of unbranched alkanes of at least 4 members (excludes halogenated alkanes) is 1. The Bertz CT molecular complexity index is 539. The lowest BCUT2D eigenvalue weighted by Crippen LogP contribution is -2.60. The minimum atomic E-state index is 0.350. The zero-order valence-corrected chi connectivity index (χ0v) is 14.4. The SMILES string of the molecule is N#Cc1ccc(CCCCN2CC3CN(CCN)CC(C2)O3)cc1. The monoisotopic (exact) mass is 328 g/mol. The zero-order chi connectivity index (χ0) is 16.8. The number of ether oxygens (including phenoxy) is 1. The molecule has 0 spiro atoms. The van der Waals surface area contributed by atoms with Crippen molar-refractivity contribution in [3.8, 4) is 6.07 Å². The van der Waals surface area contributed by atoms with Crippen molar-refractivity contribution in [1.29, 1.82) is 5.26 Å². The Morgan fingerprint density at radius 3 is 2.21 bits per heavy atom. The Morgan fingerprint density at radius 1 is 1.00 bits per heavy atom. The maximum absolute atomic E-state index is 8.83. The number of rotatable bonds is 7. The van der Waals surface area contributed by atoms with E-state index >= 15 is 0 Å². The van der Waals surface area contributed by atoms with E-state index in [-0.39, 0.29) is 0 Å². The van der Waals surface area contributed by atoms with Gasteiger partial charge in [0.1, 0.15) is 0 Å². The van der Waals surface area contributed by atoms with E-state index < -0.39 is 0 Å². The molecule has 2 fully saturated rings. The molecule has 3 rings (SSSR count). The molecule has 24 heavy (non-hydrogen) atoms. The lowest BCUT2D eigenvalue weighted by molar-refractivity contribution is -0.137. The van der Waals surface area contributed by atoms with Gasteiger partial charge in [0.05, 0.1) is 23.8 Å². The van der Waals surface area contributed by atoms with E-state index in [0.29, 0.717) is 12.2 Å². The van der Waals surface area contributed by atoms with Crippen molar-refractivity contribution in [1.82, 2.24) is 9.80 Å². The van der Waals surface area contributed by atoms with E-state index in [1.807, 2.05) is 12.1 Å². The van der Waals surface area contributed by atoms with Crippen LogP contribution in [0.5, 0.6) is 0 Å². The third-order valence-corrected chi connectivity index (χ3v) is 4.95. The Hall–Kier alpha value is -1.45. The largest absolute Gasteiger partial charge is 0.370 e. The Kier molecular flexibility index (Phi) is 6.22. The van der Waals surface area contributed by atoms with Crippen molar-refractivity contribution in [2.75, 3.05) is 45.8 Å². The minimum Gasteiger partial charge on any atom is -0.370 e. The molecule has 0 amide bonds. The fraction of sp³-hybridized carbons (Fsp3) is 0.632. The fourth-order valence-electron chi connectivity index (χ4n) is 3.82. The van der Waals surface area contributed by atoms with Crippen LogP contribution < -0.4 is 5.73 Å². The van der Waals surface area contributed by atoms with Crippen molar-refractivity contribution < 1.29 is 4.74 Å². The summed E-state index contributed by atoms with van der Waals surface area (Å²) in [5.41, 5.74) is 7.74. The van der Waals surface area contributed by atoms with Crippen molar-refractivity contribution in [3.63, 3.8) is 0 Å². The average molecular weight is 328 g/mol. The first kappa shape index (κ1) is 17.4. The summed E-state index contributed by atoms with van der Waals surface area (Å²) < 4.78 is 6.08. The summed E-state index contributed by atoms with van der Waals surface area (Å²) in [7, 11) is 0. The molecule has 5 nitrogen and oxygen atoms in total. The Balaban J connectivity index is 1.36. The van der Waals surface area contributed by atoms with E-state index in [1.54, 1.807) is 0 Å². The molecule has 5 heteroatoms. The molecule has 2 saturated heterocycles. The quantitative estimate of drug-likeness (QED) is 0.763. The lowest BCUT2D eigenvalue weighted by Gasteiger charge is -2.45. The Labute approximate surface area is 145 Å². The van der Waals surface area contributed by atoms with Gasteiger partial charge in [-0.1, -0.05) is 12.1 Å². The number of benzene rings is 1. The predicted octanol–water partition coefficient (Wildman–Crippen LogP) is 1.22. The van der Waals surface area contributed by atoms with Crippen molar-refractivity contribution in [3.05, 3.63) is 35.4 Å². The van der Waals surface area contributed by atoms with E-state index in [4.69, 9.17) is 15.7 Å². The van der Waals surface area contributed by atoms with Gasteiger partial charge in [0.2, 0.25) is 0 Å². The van der Waals surface area contributed by atoms with Gasteiger partial charge in [0.15, 0.2) is 0 Å². The zero-order valence-electron chi connectivity index (χ0n) is 14.4. The van der Waals surface area contributed by atoms with Crippen LogP contribution in [-0.4, -0.2) is 67.8 Å². The topological polar surface area (TPSA) is 65.5 Å². The van der Waals surface area contributed by atoms with Gasteiger partial charge in [0, 0.05) is 39.3 Å². The summed E-state index contributed by atoms with van der Waals surface area (Å²) in [6.45, 7) is 7.02. The molecule has 2 bridgehead atoms. The van der Waals surface area contributed by atoms with Crippen LogP contribution >= 0.6 is 0 Å². The average Bonchev–Trinajstić information content (AvgIpc) is 2.59. The number of nitrogens with zero attached hydrogens (tertiary/aromatic N) is 3. The molecule has 2 aliphatic heterocycles. The standard InChI is InChI=1S/C19H28N4O/c20-8-10-23-14-18-12-22(13-19(15-23)24-18)9-2-1-3-16-4-6-17(11-21)7-5-16/h4-7,18-19H,1-3,8-10,12-15,20H2. The summed E-state index contributed by atoms with van der Waals surface area (Å²) in [5.74, 6) is 0. The molecule has 0 radical (unpaired) electrons. The van der Waals surface area contributed by atoms with Gasteiger partial charge in [-0.2, -0.15) is 5.26 Å². The first-order valence-electron chi connectivity index (χ1n) is 9.06. The van der Waals surface area contributed by atoms with Crippen LogP contribution in [0.2, 0.25) is 0 Å². The van der Waals surface area contributed by atoms with Gasteiger partial charge in [-0.05, 0) is 43.5 Å². The van der Waals surface area contributed by atoms with Gasteiger partial charge in [-0.3, -0.25) is 9.80 Å². The molecular formula is C19H28N4O. The molecule has 2 aliphatic rings. The van der Waals surface area contributed by atoms with Gasteiger partial charge in [-0.25, -0.2) is 0 Å². The number of nitriles is 1. The molecule has 2 atom stereocenters. The number of hydrogen-bond donors (Lipinski definition) is 1. The Morgan fingerprint density at radius 2 is 1.62 bits per heavy atom. The highest BCUT2D eigenvalue weighted by atomic mass is 16.5. The molecule has 2 N–H and O–H groups in total. The molecule has 0 saturated carbocycles. The van der Waals surface area contributed by atoms with E-state index in [1.165, 1.54) is 18.4 Å². The van der Waals surface area contributed by atoms with Crippen LogP contribution in [0.1, 0.15) is 24.0 Å². The van der Waals surface area contributed by atoms with Gasteiger partial charge in [0.25, 0.3) is 0 Å². The maximum atomic E-state index is 8.83. The third-order valence-electron chi connectivity index (χ3n) is 4.95. The molecule has 1 aromatic rings. The van der Waals surface area contributed by atoms with Gasteiger partial charge >= 0.3 is 0 Å². The van der Waals surface area contributed by atoms with Crippen molar-refractivity contribution >= 4 is 0 Å². The summed E-state index contributed by atoms with van der Waals surface area (Å²) in [4.78, 5) is 5.01. The first-order chi connectivity index (χ1) is 11.8. The van der Waals surface area contributed by atoms with E-state index in [0.717, 1.165) is 57.8 Å². The highest BCUT2D eigenvalue weighted by Crippen LogP contribution is 2.19. The molecule has 1 aromatic carbocycles. The molecule has 130 valence electrons. The van der Waals surface area contributed by atoms with Crippen LogP contribution in [0, 0.1) is 11.3 Å². The smallest absolute Gasteiger partial charge is 0.0991 e. The fourth-order valence-corrected chi connectivity index (χ4v) is 3.82. The second kappa shape index (κ2) is 8.59. The molecular weight excluding hydrogens is 300 g/mol. The lowest BCUT2D eigenvalue weighted by atomic mass is 10.1. The van der Waals surface area contributed by atoms with Crippen LogP contribution in [0.25, 0.3) is 0 Å². The highest BCUT2D eigenvalue weighted by molar-refractivity contribution is 5.31. The normalized spacial score (nSPS) is 24.7. The summed E-state index contributed by atoms with van der Waals surface area (Å²) in [6, 6.07) is 10.1. The number of aryl methyl sites for hydroxylation is 1. The van der Waals surface area contributed by atoms with Gasteiger partial charge in [-0.15, -0.1) is 0 Å². The summed E-state index contributed by atoms with van der Waals surface area (Å²) in [6.07, 6.45) is 4.20. The third kappa shape index (κ3) is 4.78. The van der Waals surface area contributed by atoms with Crippen LogP contribution in [0.15, 0.2) is 24.3 Å². The predicted molar refractivity (Wildman–Crippen MR) is 94.7 cm³/mol. The van der Waals surface area contributed by atoms with Crippen LogP contribution in [0.4, 0.5) is 0 Å². The van der Waals surface area contributed by atoms with Crippen molar-refractivity contribution in [2.45, 2.75) is 31.5 Å². The maximum Gasteiger partial charge on any atom is 0.0991 e.